The molecule has 28 heavy (non-hydrogen) atoms. The topological polar surface area (TPSA) is 127 Å². The molecule has 5 aromatic rings. The molecule has 5 aromatic heterocycles. The van der Waals surface area contributed by atoms with E-state index in [1.165, 1.54) is 0 Å². The highest BCUT2D eigenvalue weighted by molar-refractivity contribution is 5.88. The van der Waals surface area contributed by atoms with Crippen LogP contribution in [0.1, 0.15) is 12.6 Å². The first-order valence-electron chi connectivity index (χ1n) is 8.41. The van der Waals surface area contributed by atoms with Crippen LogP contribution >= 0.6 is 0 Å². The fourth-order valence-corrected chi connectivity index (χ4v) is 2.88. The van der Waals surface area contributed by atoms with Crippen molar-refractivity contribution in [3.05, 3.63) is 60.9 Å². The number of rotatable bonds is 3. The van der Waals surface area contributed by atoms with E-state index in [0.29, 0.717) is 12.2 Å². The molecule has 0 saturated carbocycles. The number of H-pyrrole nitrogens is 1. The third kappa shape index (κ3) is 3.30. The molecule has 5 rings (SSSR count). The predicted molar refractivity (Wildman–Crippen MR) is 101 cm³/mol. The third-order valence-corrected chi connectivity index (χ3v) is 3.98. The minimum Gasteiger partial charge on any atom is -0.481 e. The summed E-state index contributed by atoms with van der Waals surface area (Å²) in [5.74, 6) is -0.0254. The Kier molecular flexibility index (Phi) is 4.50. The monoisotopic (exact) mass is 376 g/mol. The number of aromatic amines is 1. The van der Waals surface area contributed by atoms with E-state index in [2.05, 4.69) is 34.8 Å². The van der Waals surface area contributed by atoms with Crippen molar-refractivity contribution in [2.24, 2.45) is 0 Å². The van der Waals surface area contributed by atoms with Crippen LogP contribution in [-0.4, -0.2) is 50.4 Å². The SMILES string of the molecule is CC(=O)O.c1cnc2n[nH]c(-c3nccn3Cc3cccc4ncnn34)c2c1. The largest absolute Gasteiger partial charge is 0.481 e. The minimum atomic E-state index is -0.833. The maximum absolute atomic E-state index is 9.00. The van der Waals surface area contributed by atoms with Gasteiger partial charge in [-0.3, -0.25) is 9.89 Å². The van der Waals surface area contributed by atoms with Crippen LogP contribution in [0.2, 0.25) is 0 Å². The Morgan fingerprint density at radius 3 is 2.86 bits per heavy atom. The fourth-order valence-electron chi connectivity index (χ4n) is 2.88. The second kappa shape index (κ2) is 7.27. The molecule has 10 nitrogen and oxygen atoms in total. The Labute approximate surface area is 158 Å². The molecule has 0 aromatic carbocycles. The second-order valence-electron chi connectivity index (χ2n) is 5.92. The standard InChI is InChI=1S/C16H12N8.C2H4O2/c1-3-11(24-13(5-1)19-10-20-24)9-23-8-7-18-16(23)14-12-4-2-6-17-15(12)22-21-14;1-2(3)4/h1-8,10H,9H2,(H,17,21,22);1H3,(H,3,4). The summed E-state index contributed by atoms with van der Waals surface area (Å²) in [6.45, 7) is 1.71. The Balaban J connectivity index is 0.000000442. The number of nitrogens with one attached hydrogen (secondary N) is 1. The zero-order chi connectivity index (χ0) is 19.5. The maximum Gasteiger partial charge on any atom is 0.300 e. The van der Waals surface area contributed by atoms with Gasteiger partial charge in [-0.15, -0.1) is 0 Å². The summed E-state index contributed by atoms with van der Waals surface area (Å²) in [5.41, 5.74) is 3.38. The minimum absolute atomic E-state index is 0.622. The average molecular weight is 376 g/mol. The number of fused-ring (bicyclic) bond motifs is 2. The summed E-state index contributed by atoms with van der Waals surface area (Å²) in [4.78, 5) is 22.0. The van der Waals surface area contributed by atoms with Gasteiger partial charge in [0.05, 0.1) is 12.2 Å². The van der Waals surface area contributed by atoms with Crippen LogP contribution in [-0.2, 0) is 11.3 Å². The number of carbonyl (C=O) groups is 1. The van der Waals surface area contributed by atoms with E-state index in [9.17, 15) is 0 Å². The van der Waals surface area contributed by atoms with E-state index in [1.54, 1.807) is 18.7 Å². The van der Waals surface area contributed by atoms with Crippen LogP contribution in [0.5, 0.6) is 0 Å². The highest BCUT2D eigenvalue weighted by atomic mass is 16.4. The van der Waals surface area contributed by atoms with Gasteiger partial charge in [0, 0.05) is 30.9 Å². The fraction of sp³-hybridized carbons (Fsp3) is 0.111. The van der Waals surface area contributed by atoms with Gasteiger partial charge in [0.15, 0.2) is 17.1 Å². The first-order chi connectivity index (χ1) is 13.6. The third-order valence-electron chi connectivity index (χ3n) is 3.98. The lowest BCUT2D eigenvalue weighted by atomic mass is 10.2. The number of aromatic nitrogens is 8. The number of carboxylic acid groups (broad SMARTS) is 1. The number of nitrogens with zero attached hydrogens (tertiary/aromatic N) is 7. The van der Waals surface area contributed by atoms with E-state index in [4.69, 9.17) is 9.90 Å². The zero-order valence-corrected chi connectivity index (χ0v) is 14.9. The Morgan fingerprint density at radius 2 is 2.00 bits per heavy atom. The van der Waals surface area contributed by atoms with E-state index in [1.807, 2.05) is 41.0 Å². The van der Waals surface area contributed by atoms with Crippen molar-refractivity contribution >= 4 is 22.6 Å². The van der Waals surface area contributed by atoms with Gasteiger partial charge in [0.1, 0.15) is 12.0 Å². The number of hydrogen-bond acceptors (Lipinski definition) is 6. The van der Waals surface area contributed by atoms with Gasteiger partial charge < -0.3 is 9.67 Å². The number of carboxylic acids is 1. The summed E-state index contributed by atoms with van der Waals surface area (Å²) in [5, 5.41) is 19.9. The molecular weight excluding hydrogens is 360 g/mol. The molecule has 10 heteroatoms. The van der Waals surface area contributed by atoms with E-state index in [-0.39, 0.29) is 0 Å². The van der Waals surface area contributed by atoms with Crippen molar-refractivity contribution in [3.63, 3.8) is 0 Å². The molecule has 2 N–H and O–H groups in total. The van der Waals surface area contributed by atoms with Crippen LogP contribution in [0.15, 0.2) is 55.2 Å². The molecule has 0 atom stereocenters. The van der Waals surface area contributed by atoms with Gasteiger partial charge in [-0.2, -0.15) is 10.2 Å². The summed E-state index contributed by atoms with van der Waals surface area (Å²) < 4.78 is 3.88. The van der Waals surface area contributed by atoms with Gasteiger partial charge in [0.25, 0.3) is 5.97 Å². The summed E-state index contributed by atoms with van der Waals surface area (Å²) in [6.07, 6.45) is 7.00. The van der Waals surface area contributed by atoms with Gasteiger partial charge in [-0.25, -0.2) is 19.5 Å². The molecule has 0 bridgehead atoms. The van der Waals surface area contributed by atoms with Crippen molar-refractivity contribution in [2.45, 2.75) is 13.5 Å². The molecule has 0 aliphatic rings. The lowest BCUT2D eigenvalue weighted by Gasteiger charge is -2.08. The highest BCUT2D eigenvalue weighted by Crippen LogP contribution is 2.24. The van der Waals surface area contributed by atoms with Crippen LogP contribution < -0.4 is 0 Å². The van der Waals surface area contributed by atoms with E-state index < -0.39 is 5.97 Å². The van der Waals surface area contributed by atoms with Crippen LogP contribution in [0.25, 0.3) is 28.2 Å². The maximum atomic E-state index is 9.00. The molecule has 0 saturated heterocycles. The van der Waals surface area contributed by atoms with Crippen molar-refractivity contribution in [2.75, 3.05) is 0 Å². The number of aliphatic carboxylic acids is 1. The van der Waals surface area contributed by atoms with Crippen LogP contribution in [0, 0.1) is 0 Å². The second-order valence-corrected chi connectivity index (χ2v) is 5.92. The van der Waals surface area contributed by atoms with Gasteiger partial charge in [0.2, 0.25) is 0 Å². The normalized spacial score (nSPS) is 10.8. The average Bonchev–Trinajstić information content (AvgIpc) is 3.40. The van der Waals surface area contributed by atoms with E-state index >= 15 is 0 Å². The first-order valence-corrected chi connectivity index (χ1v) is 8.41. The number of hydrogen-bond donors (Lipinski definition) is 2. The predicted octanol–water partition coefficient (Wildman–Crippen LogP) is 2.00. The highest BCUT2D eigenvalue weighted by Gasteiger charge is 2.14. The van der Waals surface area contributed by atoms with Gasteiger partial charge >= 0.3 is 0 Å². The molecule has 5 heterocycles. The molecule has 0 fully saturated rings. The molecule has 0 radical (unpaired) electrons. The quantitative estimate of drug-likeness (QED) is 0.493. The number of imidazole rings is 1. The summed E-state index contributed by atoms with van der Waals surface area (Å²) in [7, 11) is 0. The molecule has 0 spiro atoms. The van der Waals surface area contributed by atoms with Crippen LogP contribution in [0.4, 0.5) is 0 Å². The summed E-state index contributed by atoms with van der Waals surface area (Å²) >= 11 is 0. The lowest BCUT2D eigenvalue weighted by Crippen LogP contribution is -2.06. The van der Waals surface area contributed by atoms with Crippen LogP contribution in [0.3, 0.4) is 0 Å². The summed E-state index contributed by atoms with van der Waals surface area (Å²) in [6, 6.07) is 9.81. The van der Waals surface area contributed by atoms with Crippen molar-refractivity contribution < 1.29 is 9.90 Å². The van der Waals surface area contributed by atoms with E-state index in [0.717, 1.165) is 35.2 Å². The zero-order valence-electron chi connectivity index (χ0n) is 14.9. The molecular formula is C18H16N8O2. The van der Waals surface area contributed by atoms with Gasteiger partial charge in [-0.1, -0.05) is 6.07 Å². The van der Waals surface area contributed by atoms with Crippen molar-refractivity contribution in [1.82, 2.24) is 39.3 Å². The molecule has 0 aliphatic carbocycles. The van der Waals surface area contributed by atoms with Crippen molar-refractivity contribution in [3.8, 4) is 11.5 Å². The van der Waals surface area contributed by atoms with Crippen molar-refractivity contribution in [1.29, 1.82) is 0 Å². The Bertz CT molecular complexity index is 1250. The van der Waals surface area contributed by atoms with Gasteiger partial charge in [-0.05, 0) is 24.3 Å². The molecule has 0 amide bonds. The Morgan fingerprint density at radius 1 is 1.14 bits per heavy atom. The molecule has 140 valence electrons. The Hall–Kier alpha value is -4.08. The smallest absolute Gasteiger partial charge is 0.300 e. The molecule has 0 aliphatic heterocycles. The lowest BCUT2D eigenvalue weighted by molar-refractivity contribution is -0.134. The number of pyridine rings is 2. The first kappa shape index (κ1) is 17.3. The molecule has 0 unspecified atom stereocenters.